The Bertz CT molecular complexity index is 4650. The summed E-state index contributed by atoms with van der Waals surface area (Å²) in [7, 11) is 4.69. The quantitative estimate of drug-likeness (QED) is 0.0110. The number of rotatable bonds is 29. The molecule has 2 fully saturated rings. The number of β-lactam (4-membered cyclic amide) rings is 1. The third-order valence-electron chi connectivity index (χ3n) is 17.7. The number of nitrogens with one attached hydrogen (secondary N) is 2. The lowest BCUT2D eigenvalue weighted by molar-refractivity contribution is -0.925. The smallest absolute Gasteiger partial charge is 0.413 e. The number of carbonyl (C=O) groups excluding carboxylic acids is 6. The number of nitrogens with zero attached hydrogens (tertiary/aromatic N) is 5. The van der Waals surface area contributed by atoms with Crippen molar-refractivity contribution >= 4 is 104 Å². The molecule has 0 radical (unpaired) electrons. The largest absolute Gasteiger partial charge is 0.497 e. The molecule has 3 aliphatic rings. The molecule has 0 bridgehead atoms. The summed E-state index contributed by atoms with van der Waals surface area (Å²) in [4.78, 5) is 114. The topological polar surface area (TPSA) is 269 Å². The maximum Gasteiger partial charge on any atom is 0.413 e. The number of carbonyl (C=O) groups is 6. The van der Waals surface area contributed by atoms with Crippen LogP contribution in [-0.4, -0.2) is 136 Å². The van der Waals surface area contributed by atoms with Gasteiger partial charge in [0.2, 0.25) is 6.10 Å². The van der Waals surface area contributed by atoms with E-state index < -0.39 is 82.8 Å². The van der Waals surface area contributed by atoms with Crippen molar-refractivity contribution < 1.29 is 80.7 Å². The van der Waals surface area contributed by atoms with E-state index in [0.29, 0.717) is 80.5 Å². The number of likely N-dealkylation sites (tertiary alicyclic amines) is 1. The highest BCUT2D eigenvalue weighted by atomic mass is 35.5. The molecular formula is C79H84Cl2N7O17S2+. The molecule has 5 heterocycles. The van der Waals surface area contributed by atoms with E-state index in [1.54, 1.807) is 86.1 Å². The van der Waals surface area contributed by atoms with E-state index in [0.717, 1.165) is 35.3 Å². The van der Waals surface area contributed by atoms with Gasteiger partial charge >= 0.3 is 24.0 Å². The fourth-order valence-electron chi connectivity index (χ4n) is 12.7. The second kappa shape index (κ2) is 34.2. The molecule has 107 heavy (non-hydrogen) atoms. The Morgan fingerprint density at radius 3 is 1.83 bits per heavy atom. The number of amides is 3. The maximum atomic E-state index is 15.7. The molecule has 2 N–H and O–H groups in total. The number of methoxy groups -OCH3 is 3. The number of fused-ring (bicyclic) bond motifs is 2. The van der Waals surface area contributed by atoms with Gasteiger partial charge in [0.05, 0.1) is 62.3 Å². The normalized spacial score (nSPS) is 15.9. The van der Waals surface area contributed by atoms with Gasteiger partial charge in [-0.1, -0.05) is 137 Å². The Balaban J connectivity index is 0.946. The molecule has 0 aliphatic carbocycles. The molecule has 28 heteroatoms. The molecule has 0 saturated carbocycles. The SMILES string of the molecule is CCn1cc(C[N+]2(CC3=C(C(=O)OC(c4ccccc4)c4ccccc4)N4C(=O)[C@@H](NC(=O)C(=NO[C@@H](CC(=O)OC(C)(C)C)C(=O)OCc5ccc(OC)cc5)c5nc(NC(=O)OC(C)(C)C)sc5Cl)[C@H]4SC3)CCCC2)c(=O)c2c(Cl)c(OCc3ccc(OC)cc3)c(OCc3ccc(OC)cc3)cc21. The third kappa shape index (κ3) is 19.2. The minimum atomic E-state index is -1.84. The van der Waals surface area contributed by atoms with Crippen LogP contribution in [0.1, 0.15) is 113 Å². The van der Waals surface area contributed by atoms with Crippen LogP contribution in [0.4, 0.5) is 9.93 Å². The van der Waals surface area contributed by atoms with Crippen LogP contribution in [0.3, 0.4) is 0 Å². The van der Waals surface area contributed by atoms with Crippen molar-refractivity contribution in [1.29, 1.82) is 0 Å². The summed E-state index contributed by atoms with van der Waals surface area (Å²) in [5.41, 5.74) is 1.74. The van der Waals surface area contributed by atoms with Gasteiger partial charge in [-0.25, -0.2) is 19.4 Å². The second-order valence-corrected chi connectivity index (χ2v) is 30.8. The minimum absolute atomic E-state index is 0.0328. The number of ether oxygens (including phenoxy) is 9. The van der Waals surface area contributed by atoms with E-state index in [2.05, 4.69) is 20.8 Å². The highest BCUT2D eigenvalue weighted by molar-refractivity contribution is 8.00. The molecule has 3 aliphatic heterocycles. The van der Waals surface area contributed by atoms with Gasteiger partial charge in [-0.3, -0.25) is 29.4 Å². The summed E-state index contributed by atoms with van der Waals surface area (Å²) in [6.45, 7) is 13.8. The number of quaternary nitrogens is 1. The van der Waals surface area contributed by atoms with Gasteiger partial charge < -0.3 is 61.8 Å². The Labute approximate surface area is 637 Å². The summed E-state index contributed by atoms with van der Waals surface area (Å²) in [5, 5.41) is 8.66. The van der Waals surface area contributed by atoms with Crippen LogP contribution in [0.25, 0.3) is 10.9 Å². The van der Waals surface area contributed by atoms with Gasteiger partial charge in [-0.05, 0) is 113 Å². The first kappa shape index (κ1) is 78.0. The molecule has 24 nitrogen and oxygen atoms in total. The first-order chi connectivity index (χ1) is 51.2. The van der Waals surface area contributed by atoms with Crippen molar-refractivity contribution in [3.8, 4) is 28.7 Å². The number of thiazole rings is 1. The standard InChI is InChI=1S/C79H83Cl2N7O17S2/c1-11-86-40-52(67(90)61-57(86)38-58(99-43-47-24-30-54(96-8)31-25-47)69(62(61)80)100-44-48-26-32-55(97-9)33-27-48)41-88(36-18-19-37-88)42-53-46-106-73-65(72(92)87(73)66(53)75(94)102-68(50-20-14-12-15-21-50)51-22-16-13-17-23-51)82-71(91)64(63-70(81)107-76(83-63)84-77(95)104-79(5,6)7)85-105-59(39-60(89)103-78(2,3)4)74(93)101-45-49-28-34-56(98-10)35-29-49/h12-17,20-35,38,40,59,65,68,73H,11,18-19,36-37,39,41-46H2,1-10H3,(H-,82,83,84,91,95)/p+1/t59-,65+,73+/m0/s1. The monoisotopic (exact) mass is 1540 g/mol. The first-order valence-electron chi connectivity index (χ1n) is 34.7. The predicted molar refractivity (Wildman–Crippen MR) is 406 cm³/mol. The molecule has 6 aromatic carbocycles. The maximum absolute atomic E-state index is 15.7. The van der Waals surface area contributed by atoms with Crippen LogP contribution in [0.5, 0.6) is 28.7 Å². The third-order valence-corrected chi connectivity index (χ3v) is 20.6. The lowest BCUT2D eigenvalue weighted by Gasteiger charge is -2.50. The molecule has 0 unspecified atom stereocenters. The fourth-order valence-corrected chi connectivity index (χ4v) is 15.4. The van der Waals surface area contributed by atoms with Gasteiger partial charge in [0.25, 0.3) is 11.8 Å². The number of pyridine rings is 1. The van der Waals surface area contributed by atoms with Crippen molar-refractivity contribution in [3.63, 3.8) is 0 Å². The number of anilines is 1. The van der Waals surface area contributed by atoms with Crippen molar-refractivity contribution in [2.45, 2.75) is 135 Å². The lowest BCUT2D eigenvalue weighted by Crippen LogP contribution is -2.71. The van der Waals surface area contributed by atoms with Crippen LogP contribution in [-0.2, 0) is 80.7 Å². The Morgan fingerprint density at radius 1 is 0.720 bits per heavy atom. The van der Waals surface area contributed by atoms with Crippen LogP contribution >= 0.6 is 46.3 Å². The molecule has 3 amide bonds. The van der Waals surface area contributed by atoms with Crippen molar-refractivity contribution in [1.82, 2.24) is 19.8 Å². The van der Waals surface area contributed by atoms with Crippen molar-refractivity contribution in [2.24, 2.45) is 5.16 Å². The average Bonchev–Trinajstić information content (AvgIpc) is 0.911. The first-order valence-corrected chi connectivity index (χ1v) is 37.3. The summed E-state index contributed by atoms with van der Waals surface area (Å²) < 4.78 is 54.5. The number of thioether (sulfide) groups is 1. The van der Waals surface area contributed by atoms with Gasteiger partial charge in [0.15, 0.2) is 33.9 Å². The van der Waals surface area contributed by atoms with Gasteiger partial charge in [0.1, 0.15) is 88.5 Å². The molecule has 8 aromatic rings. The van der Waals surface area contributed by atoms with E-state index >= 15 is 19.2 Å². The van der Waals surface area contributed by atoms with Crippen LogP contribution < -0.4 is 39.7 Å². The molecule has 11 rings (SSSR count). The van der Waals surface area contributed by atoms with Gasteiger partial charge in [-0.2, -0.15) is 0 Å². The van der Waals surface area contributed by atoms with Crippen LogP contribution in [0.2, 0.25) is 9.36 Å². The van der Waals surface area contributed by atoms with Gasteiger partial charge in [0, 0.05) is 43.0 Å². The highest BCUT2D eigenvalue weighted by Gasteiger charge is 2.56. The van der Waals surface area contributed by atoms with E-state index in [4.69, 9.17) is 70.7 Å². The highest BCUT2D eigenvalue weighted by Crippen LogP contribution is 2.45. The number of esters is 3. The molecule has 2 saturated heterocycles. The van der Waals surface area contributed by atoms with E-state index in [1.807, 2.05) is 127 Å². The van der Waals surface area contributed by atoms with Gasteiger partial charge in [-0.15, -0.1) is 11.8 Å². The number of oxime groups is 1. The van der Waals surface area contributed by atoms with E-state index in [1.165, 1.54) is 23.8 Å². The number of benzene rings is 6. The lowest BCUT2D eigenvalue weighted by atomic mass is 10.00. The van der Waals surface area contributed by atoms with Crippen LogP contribution in [0.15, 0.2) is 167 Å². The summed E-state index contributed by atoms with van der Waals surface area (Å²) in [6.07, 6.45) is -1.02. The zero-order valence-corrected chi connectivity index (χ0v) is 64.0. The Hall–Kier alpha value is -10.1. The molecule has 3 atom stereocenters. The Morgan fingerprint density at radius 2 is 1.28 bits per heavy atom. The summed E-state index contributed by atoms with van der Waals surface area (Å²) in [5.74, 6) is -2.01. The zero-order chi connectivity index (χ0) is 76.3. The van der Waals surface area contributed by atoms with E-state index in [-0.39, 0.29) is 81.1 Å². The number of aromatic nitrogens is 2. The zero-order valence-electron chi connectivity index (χ0n) is 60.9. The predicted octanol–water partition coefficient (Wildman–Crippen LogP) is 13.7. The van der Waals surface area contributed by atoms with E-state index in [9.17, 15) is 14.4 Å². The van der Waals surface area contributed by atoms with Crippen molar-refractivity contribution in [2.75, 3.05) is 52.0 Å². The molecule has 2 aromatic heterocycles. The Kier molecular flexibility index (Phi) is 24.9. The number of hydrogen-bond acceptors (Lipinski definition) is 21. The molecular weight excluding hydrogens is 1450 g/mol. The summed E-state index contributed by atoms with van der Waals surface area (Å²) in [6, 6.07) is 40.4. The number of aryl methyl sites for hydroxylation is 1. The summed E-state index contributed by atoms with van der Waals surface area (Å²) >= 11 is 16.4. The number of halogens is 2. The minimum Gasteiger partial charge on any atom is -0.497 e. The number of hydrogen-bond donors (Lipinski definition) is 2. The van der Waals surface area contributed by atoms with Crippen molar-refractivity contribution in [3.05, 3.63) is 216 Å². The van der Waals surface area contributed by atoms with Crippen LogP contribution in [0, 0.1) is 0 Å². The molecule has 0 spiro atoms. The molecule has 562 valence electrons. The fraction of sp³-hybridized carbons (Fsp3) is 0.354. The second-order valence-electron chi connectivity index (χ2n) is 27.7. The average molecular weight is 1540 g/mol.